The van der Waals surface area contributed by atoms with Crippen LogP contribution in [-0.4, -0.2) is 25.5 Å². The van der Waals surface area contributed by atoms with Crippen molar-refractivity contribution in [1.82, 2.24) is 14.6 Å². The summed E-state index contributed by atoms with van der Waals surface area (Å²) in [4.78, 5) is 16.8. The molecule has 0 aliphatic carbocycles. The molecule has 5 nitrogen and oxygen atoms in total. The topological polar surface area (TPSA) is 67.5 Å². The van der Waals surface area contributed by atoms with Gasteiger partial charge in [-0.3, -0.25) is 4.79 Å². The summed E-state index contributed by atoms with van der Waals surface area (Å²) >= 11 is 5.89. The van der Waals surface area contributed by atoms with Crippen molar-refractivity contribution >= 4 is 23.0 Å². The Balaban J connectivity index is 1.74. The third-order valence-corrected chi connectivity index (χ3v) is 4.17. The highest BCUT2D eigenvalue weighted by molar-refractivity contribution is 6.30. The fourth-order valence-corrected chi connectivity index (χ4v) is 2.73. The molecule has 1 N–H and O–H groups in total. The normalized spacial score (nSPS) is 11.0. The maximum Gasteiger partial charge on any atom is 0.199 e. The number of phenolic OH excluding ortho intramolecular Hbond substituents is 1. The summed E-state index contributed by atoms with van der Waals surface area (Å²) in [5.74, 6) is -1.44. The van der Waals surface area contributed by atoms with Crippen LogP contribution in [0.4, 0.5) is 4.39 Å². The van der Waals surface area contributed by atoms with Gasteiger partial charge in [-0.05, 0) is 30.3 Å². The van der Waals surface area contributed by atoms with Gasteiger partial charge >= 0.3 is 0 Å². The number of fused-ring (bicyclic) bond motifs is 1. The van der Waals surface area contributed by atoms with Gasteiger partial charge in [-0.1, -0.05) is 23.7 Å². The molecule has 2 heterocycles. The van der Waals surface area contributed by atoms with E-state index in [1.165, 1.54) is 16.9 Å². The molecule has 0 aliphatic heterocycles. The average molecular weight is 368 g/mol. The van der Waals surface area contributed by atoms with Gasteiger partial charge in [0.25, 0.3) is 0 Å². The molecule has 4 aromatic rings. The summed E-state index contributed by atoms with van der Waals surface area (Å²) in [5, 5.41) is 14.8. The van der Waals surface area contributed by atoms with Crippen LogP contribution in [0.25, 0.3) is 16.9 Å². The number of hydrogen-bond donors (Lipinski definition) is 1. The molecule has 2 aromatic heterocycles. The van der Waals surface area contributed by atoms with Gasteiger partial charge in [0.2, 0.25) is 0 Å². The SMILES string of the molecule is O=C(c1cnc2cc(-c3ccc(Cl)cc3)nn2c1)c1cc(F)ccc1O. The first-order chi connectivity index (χ1) is 12.5. The number of aromatic hydroxyl groups is 1. The standard InChI is InChI=1S/C19H11ClFN3O2/c20-13-3-1-11(2-4-13)16-8-18-22-9-12(10-24(18)23-16)19(26)15-7-14(21)5-6-17(15)25/h1-10,25H. The summed E-state index contributed by atoms with van der Waals surface area (Å²) in [6, 6.07) is 12.2. The maximum absolute atomic E-state index is 13.4. The summed E-state index contributed by atoms with van der Waals surface area (Å²) in [7, 11) is 0. The van der Waals surface area contributed by atoms with E-state index in [0.717, 1.165) is 23.8 Å². The molecule has 0 spiro atoms. The Morgan fingerprint density at radius 3 is 2.65 bits per heavy atom. The van der Waals surface area contributed by atoms with Crippen molar-refractivity contribution < 1.29 is 14.3 Å². The second-order valence-electron chi connectivity index (χ2n) is 5.67. The van der Waals surface area contributed by atoms with Crippen LogP contribution >= 0.6 is 11.6 Å². The van der Waals surface area contributed by atoms with E-state index < -0.39 is 11.6 Å². The Kier molecular flexibility index (Phi) is 3.89. The molecule has 26 heavy (non-hydrogen) atoms. The zero-order valence-electron chi connectivity index (χ0n) is 13.2. The van der Waals surface area contributed by atoms with Crippen molar-refractivity contribution in [2.24, 2.45) is 0 Å². The first kappa shape index (κ1) is 16.2. The van der Waals surface area contributed by atoms with Gasteiger partial charge in [-0.15, -0.1) is 0 Å². The number of carbonyl (C=O) groups excluding carboxylic acids is 1. The van der Waals surface area contributed by atoms with E-state index in [-0.39, 0.29) is 16.9 Å². The quantitative estimate of drug-likeness (QED) is 0.553. The summed E-state index contributed by atoms with van der Waals surface area (Å²) in [5.41, 5.74) is 2.14. The van der Waals surface area contributed by atoms with Crippen molar-refractivity contribution in [3.05, 3.63) is 82.9 Å². The monoisotopic (exact) mass is 367 g/mol. The molecular weight excluding hydrogens is 357 g/mol. The van der Waals surface area contributed by atoms with Gasteiger partial charge in [-0.25, -0.2) is 13.9 Å². The zero-order chi connectivity index (χ0) is 18.3. The molecule has 0 atom stereocenters. The van der Waals surface area contributed by atoms with Gasteiger partial charge in [0.1, 0.15) is 11.6 Å². The number of carbonyl (C=O) groups is 1. The number of hydrogen-bond acceptors (Lipinski definition) is 4. The smallest absolute Gasteiger partial charge is 0.199 e. The van der Waals surface area contributed by atoms with Gasteiger partial charge in [0.15, 0.2) is 11.4 Å². The highest BCUT2D eigenvalue weighted by Gasteiger charge is 2.16. The molecule has 0 aliphatic rings. The van der Waals surface area contributed by atoms with Crippen LogP contribution in [0.3, 0.4) is 0 Å². The third-order valence-electron chi connectivity index (χ3n) is 3.92. The lowest BCUT2D eigenvalue weighted by atomic mass is 10.1. The van der Waals surface area contributed by atoms with Crippen molar-refractivity contribution in [1.29, 1.82) is 0 Å². The molecule has 0 saturated carbocycles. The van der Waals surface area contributed by atoms with Crippen LogP contribution in [0.15, 0.2) is 60.9 Å². The molecule has 7 heteroatoms. The minimum atomic E-state index is -0.607. The van der Waals surface area contributed by atoms with E-state index in [0.29, 0.717) is 16.4 Å². The van der Waals surface area contributed by atoms with Crippen LogP contribution in [-0.2, 0) is 0 Å². The minimum absolute atomic E-state index is 0.128. The number of phenols is 1. The van der Waals surface area contributed by atoms with Crippen LogP contribution < -0.4 is 0 Å². The van der Waals surface area contributed by atoms with E-state index >= 15 is 0 Å². The lowest BCUT2D eigenvalue weighted by molar-refractivity contribution is 0.103. The van der Waals surface area contributed by atoms with E-state index in [4.69, 9.17) is 11.6 Å². The zero-order valence-corrected chi connectivity index (χ0v) is 14.0. The van der Waals surface area contributed by atoms with E-state index in [1.54, 1.807) is 18.2 Å². The van der Waals surface area contributed by atoms with Crippen molar-refractivity contribution in [2.45, 2.75) is 0 Å². The van der Waals surface area contributed by atoms with Crippen molar-refractivity contribution in [3.8, 4) is 17.0 Å². The fraction of sp³-hybridized carbons (Fsp3) is 0. The average Bonchev–Trinajstić information content (AvgIpc) is 3.07. The second kappa shape index (κ2) is 6.24. The summed E-state index contributed by atoms with van der Waals surface area (Å²) < 4.78 is 14.9. The third kappa shape index (κ3) is 2.91. The number of benzene rings is 2. The number of nitrogens with zero attached hydrogens (tertiary/aromatic N) is 3. The Morgan fingerprint density at radius 2 is 1.88 bits per heavy atom. The Hall–Kier alpha value is -3.25. The Labute approximate surface area is 152 Å². The molecule has 2 aromatic carbocycles. The van der Waals surface area contributed by atoms with Gasteiger partial charge < -0.3 is 5.11 Å². The molecular formula is C19H11ClFN3O2. The van der Waals surface area contributed by atoms with Crippen molar-refractivity contribution in [3.63, 3.8) is 0 Å². The van der Waals surface area contributed by atoms with Crippen LogP contribution in [0.1, 0.15) is 15.9 Å². The number of aromatic nitrogens is 3. The van der Waals surface area contributed by atoms with Gasteiger partial charge in [-0.2, -0.15) is 5.10 Å². The summed E-state index contributed by atoms with van der Waals surface area (Å²) in [6.07, 6.45) is 2.86. The van der Waals surface area contributed by atoms with Gasteiger partial charge in [0, 0.05) is 29.0 Å². The van der Waals surface area contributed by atoms with Gasteiger partial charge in [0.05, 0.1) is 16.8 Å². The molecule has 0 saturated heterocycles. The van der Waals surface area contributed by atoms with Crippen LogP contribution in [0.5, 0.6) is 5.75 Å². The fourth-order valence-electron chi connectivity index (χ4n) is 2.60. The predicted octanol–water partition coefficient (Wildman–Crippen LogP) is 4.13. The highest BCUT2D eigenvalue weighted by Crippen LogP contribution is 2.23. The largest absolute Gasteiger partial charge is 0.507 e. The Morgan fingerprint density at radius 1 is 1.12 bits per heavy atom. The molecule has 0 fully saturated rings. The molecule has 0 amide bonds. The van der Waals surface area contributed by atoms with Crippen LogP contribution in [0.2, 0.25) is 5.02 Å². The Bertz CT molecular complexity index is 1140. The lowest BCUT2D eigenvalue weighted by Crippen LogP contribution is -2.05. The highest BCUT2D eigenvalue weighted by atomic mass is 35.5. The van der Waals surface area contributed by atoms with E-state index in [1.807, 2.05) is 12.1 Å². The predicted molar refractivity (Wildman–Crippen MR) is 94.9 cm³/mol. The van der Waals surface area contributed by atoms with Crippen LogP contribution in [0, 0.1) is 5.82 Å². The first-order valence-corrected chi connectivity index (χ1v) is 8.03. The molecule has 128 valence electrons. The maximum atomic E-state index is 13.4. The molecule has 0 bridgehead atoms. The van der Waals surface area contributed by atoms with Crippen molar-refractivity contribution in [2.75, 3.05) is 0 Å². The van der Waals surface area contributed by atoms with E-state index in [2.05, 4.69) is 10.1 Å². The lowest BCUT2D eigenvalue weighted by Gasteiger charge is -2.04. The second-order valence-corrected chi connectivity index (χ2v) is 6.11. The number of halogens is 2. The molecule has 0 unspecified atom stereocenters. The van der Waals surface area contributed by atoms with E-state index in [9.17, 15) is 14.3 Å². The molecule has 4 rings (SSSR count). The first-order valence-electron chi connectivity index (χ1n) is 7.66. The molecule has 0 radical (unpaired) electrons. The summed E-state index contributed by atoms with van der Waals surface area (Å²) in [6.45, 7) is 0. The number of rotatable bonds is 3. The minimum Gasteiger partial charge on any atom is -0.507 e. The number of ketones is 1.